The van der Waals surface area contributed by atoms with E-state index in [0.29, 0.717) is 12.8 Å². The number of amides is 2. The van der Waals surface area contributed by atoms with Crippen LogP contribution >= 0.6 is 0 Å². The summed E-state index contributed by atoms with van der Waals surface area (Å²) in [6.45, 7) is 2.80. The highest BCUT2D eigenvalue weighted by Crippen LogP contribution is 2.25. The third-order valence-electron chi connectivity index (χ3n) is 4.38. The molecule has 2 aromatic rings. The van der Waals surface area contributed by atoms with Gasteiger partial charge in [0.1, 0.15) is 0 Å². The average Bonchev–Trinajstić information content (AvgIpc) is 3.02. The van der Waals surface area contributed by atoms with E-state index in [2.05, 4.69) is 5.32 Å². The van der Waals surface area contributed by atoms with E-state index in [1.54, 1.807) is 4.90 Å². The first kappa shape index (κ1) is 16.2. The lowest BCUT2D eigenvalue weighted by atomic mass is 9.97. The Hall–Kier alpha value is -2.62. The van der Waals surface area contributed by atoms with Crippen molar-refractivity contribution in [3.05, 3.63) is 60.2 Å². The van der Waals surface area contributed by atoms with E-state index in [-0.39, 0.29) is 17.7 Å². The van der Waals surface area contributed by atoms with E-state index < -0.39 is 0 Å². The fraction of sp³-hybridized carbons (Fsp3) is 0.300. The number of hydrogen-bond acceptors (Lipinski definition) is 2. The maximum atomic E-state index is 12.3. The smallest absolute Gasteiger partial charge is 0.227 e. The molecule has 3 rings (SSSR count). The maximum Gasteiger partial charge on any atom is 0.227 e. The summed E-state index contributed by atoms with van der Waals surface area (Å²) in [6.07, 6.45) is 1.92. The van der Waals surface area contributed by atoms with Gasteiger partial charge >= 0.3 is 0 Å². The Balaban J connectivity index is 1.63. The van der Waals surface area contributed by atoms with Crippen LogP contribution in [0, 0.1) is 0 Å². The van der Waals surface area contributed by atoms with Crippen LogP contribution in [0.1, 0.15) is 37.7 Å². The third-order valence-corrected chi connectivity index (χ3v) is 4.38. The van der Waals surface area contributed by atoms with Gasteiger partial charge in [0.05, 0.1) is 0 Å². The molecule has 124 valence electrons. The van der Waals surface area contributed by atoms with Crippen LogP contribution in [0.2, 0.25) is 0 Å². The van der Waals surface area contributed by atoms with Crippen LogP contribution in [0.25, 0.3) is 0 Å². The van der Waals surface area contributed by atoms with Crippen molar-refractivity contribution in [2.24, 2.45) is 0 Å². The zero-order valence-electron chi connectivity index (χ0n) is 13.9. The second-order valence-corrected chi connectivity index (χ2v) is 6.26. The van der Waals surface area contributed by atoms with Gasteiger partial charge in [0.25, 0.3) is 0 Å². The molecule has 0 aliphatic carbocycles. The summed E-state index contributed by atoms with van der Waals surface area (Å²) < 4.78 is 0. The first-order chi connectivity index (χ1) is 11.6. The zero-order chi connectivity index (χ0) is 16.9. The highest BCUT2D eigenvalue weighted by atomic mass is 16.2. The molecule has 2 aromatic carbocycles. The molecule has 1 aliphatic heterocycles. The number of rotatable bonds is 5. The van der Waals surface area contributed by atoms with Crippen molar-refractivity contribution in [1.29, 1.82) is 0 Å². The minimum absolute atomic E-state index is 0.0174. The number of carbonyl (C=O) groups is 2. The first-order valence-electron chi connectivity index (χ1n) is 8.39. The van der Waals surface area contributed by atoms with Gasteiger partial charge in [-0.2, -0.15) is 0 Å². The quantitative estimate of drug-likeness (QED) is 0.906. The topological polar surface area (TPSA) is 49.4 Å². The largest absolute Gasteiger partial charge is 0.326 e. The van der Waals surface area contributed by atoms with Crippen LogP contribution < -0.4 is 10.2 Å². The van der Waals surface area contributed by atoms with Gasteiger partial charge in [-0.25, -0.2) is 0 Å². The molecule has 1 heterocycles. The Morgan fingerprint density at radius 2 is 1.96 bits per heavy atom. The standard InChI is InChI=1S/C20H22N2O2/c1-15(16-7-3-2-4-8-16)13-19(23)21-17-9-5-10-18(14-17)22-12-6-11-20(22)24/h2-5,7-10,14-15H,6,11-13H2,1H3,(H,21,23)/t15-/m1/s1. The van der Waals surface area contributed by atoms with Gasteiger partial charge in [0.15, 0.2) is 0 Å². The fourth-order valence-electron chi connectivity index (χ4n) is 3.06. The van der Waals surface area contributed by atoms with Crippen molar-refractivity contribution < 1.29 is 9.59 Å². The summed E-state index contributed by atoms with van der Waals surface area (Å²) in [7, 11) is 0. The van der Waals surface area contributed by atoms with Crippen LogP contribution in [0.15, 0.2) is 54.6 Å². The lowest BCUT2D eigenvalue weighted by molar-refractivity contribution is -0.117. The minimum atomic E-state index is -0.0174. The zero-order valence-corrected chi connectivity index (χ0v) is 13.9. The van der Waals surface area contributed by atoms with E-state index >= 15 is 0 Å². The molecule has 0 bridgehead atoms. The van der Waals surface area contributed by atoms with Gasteiger partial charge in [-0.05, 0) is 36.1 Å². The van der Waals surface area contributed by atoms with Crippen molar-refractivity contribution in [3.8, 4) is 0 Å². The van der Waals surface area contributed by atoms with Crippen LogP contribution in [0.4, 0.5) is 11.4 Å². The molecule has 0 saturated carbocycles. The van der Waals surface area contributed by atoms with Crippen LogP contribution in [0.3, 0.4) is 0 Å². The Morgan fingerprint density at radius 3 is 2.67 bits per heavy atom. The number of anilines is 2. The maximum absolute atomic E-state index is 12.3. The highest BCUT2D eigenvalue weighted by molar-refractivity contribution is 5.97. The predicted molar refractivity (Wildman–Crippen MR) is 96.1 cm³/mol. The summed E-state index contributed by atoms with van der Waals surface area (Å²) in [5.74, 6) is 0.293. The van der Waals surface area contributed by atoms with E-state index in [1.165, 1.54) is 0 Å². The first-order valence-corrected chi connectivity index (χ1v) is 8.39. The molecule has 0 unspecified atom stereocenters. The summed E-state index contributed by atoms with van der Waals surface area (Å²) in [5, 5.41) is 2.94. The molecular weight excluding hydrogens is 300 g/mol. The molecule has 4 heteroatoms. The second-order valence-electron chi connectivity index (χ2n) is 6.26. The molecule has 2 amide bonds. The molecule has 1 fully saturated rings. The average molecular weight is 322 g/mol. The van der Waals surface area contributed by atoms with Crippen LogP contribution in [-0.4, -0.2) is 18.4 Å². The number of nitrogens with one attached hydrogen (secondary N) is 1. The molecule has 24 heavy (non-hydrogen) atoms. The molecule has 0 radical (unpaired) electrons. The molecule has 1 saturated heterocycles. The van der Waals surface area contributed by atoms with Crippen molar-refractivity contribution in [1.82, 2.24) is 0 Å². The molecule has 0 spiro atoms. The van der Waals surface area contributed by atoms with Crippen LogP contribution in [0.5, 0.6) is 0 Å². The second kappa shape index (κ2) is 7.30. The molecular formula is C20H22N2O2. The van der Waals surface area contributed by atoms with Gasteiger partial charge in [0.2, 0.25) is 11.8 Å². The van der Waals surface area contributed by atoms with E-state index in [4.69, 9.17) is 0 Å². The molecule has 0 aromatic heterocycles. The minimum Gasteiger partial charge on any atom is -0.326 e. The third kappa shape index (κ3) is 3.82. The summed E-state index contributed by atoms with van der Waals surface area (Å²) in [6, 6.07) is 17.5. The molecule has 4 nitrogen and oxygen atoms in total. The number of nitrogens with zero attached hydrogens (tertiary/aromatic N) is 1. The van der Waals surface area contributed by atoms with Gasteiger partial charge in [-0.1, -0.05) is 43.3 Å². The normalized spacial score (nSPS) is 15.4. The van der Waals surface area contributed by atoms with E-state index in [9.17, 15) is 9.59 Å². The molecule has 1 atom stereocenters. The monoisotopic (exact) mass is 322 g/mol. The Morgan fingerprint density at radius 1 is 1.17 bits per heavy atom. The lowest BCUT2D eigenvalue weighted by Gasteiger charge is -2.17. The highest BCUT2D eigenvalue weighted by Gasteiger charge is 2.21. The Bertz CT molecular complexity index is 727. The number of benzene rings is 2. The van der Waals surface area contributed by atoms with Gasteiger partial charge < -0.3 is 10.2 Å². The van der Waals surface area contributed by atoms with Gasteiger partial charge in [0, 0.05) is 30.8 Å². The van der Waals surface area contributed by atoms with Crippen molar-refractivity contribution >= 4 is 23.2 Å². The molecule has 1 aliphatic rings. The lowest BCUT2D eigenvalue weighted by Crippen LogP contribution is -2.23. The Labute approximate surface area is 142 Å². The van der Waals surface area contributed by atoms with Gasteiger partial charge in [-0.15, -0.1) is 0 Å². The van der Waals surface area contributed by atoms with E-state index in [1.807, 2.05) is 61.5 Å². The van der Waals surface area contributed by atoms with E-state index in [0.717, 1.165) is 29.9 Å². The summed E-state index contributed by atoms with van der Waals surface area (Å²) in [5.41, 5.74) is 2.74. The van der Waals surface area contributed by atoms with Crippen molar-refractivity contribution in [2.75, 3.05) is 16.8 Å². The number of carbonyl (C=O) groups excluding carboxylic acids is 2. The summed E-state index contributed by atoms with van der Waals surface area (Å²) in [4.78, 5) is 25.9. The van der Waals surface area contributed by atoms with Gasteiger partial charge in [-0.3, -0.25) is 9.59 Å². The van der Waals surface area contributed by atoms with Crippen molar-refractivity contribution in [3.63, 3.8) is 0 Å². The molecule has 1 N–H and O–H groups in total. The number of hydrogen-bond donors (Lipinski definition) is 1. The predicted octanol–water partition coefficient (Wildman–Crippen LogP) is 3.95. The van der Waals surface area contributed by atoms with Crippen molar-refractivity contribution in [2.45, 2.75) is 32.1 Å². The SMILES string of the molecule is C[C@H](CC(=O)Nc1cccc(N2CCCC2=O)c1)c1ccccc1. The Kier molecular flexibility index (Phi) is 4.94. The summed E-state index contributed by atoms with van der Waals surface area (Å²) >= 11 is 0. The fourth-order valence-corrected chi connectivity index (χ4v) is 3.06. The van der Waals surface area contributed by atoms with Crippen LogP contribution in [-0.2, 0) is 9.59 Å².